The van der Waals surface area contributed by atoms with E-state index in [2.05, 4.69) is 72.8 Å². The zero-order valence-corrected chi connectivity index (χ0v) is 29.2. The molecule has 11 rings (SSSR count). The van der Waals surface area contributed by atoms with Crippen LogP contribution in [0.5, 0.6) is 0 Å². The molecule has 0 fully saturated rings. The van der Waals surface area contributed by atoms with Gasteiger partial charge in [-0.3, -0.25) is 4.79 Å². The molecule has 0 amide bonds. The van der Waals surface area contributed by atoms with Gasteiger partial charge in [0.15, 0.2) is 4.96 Å². The molecule has 0 aliphatic heterocycles. The van der Waals surface area contributed by atoms with Crippen LogP contribution in [0.25, 0.3) is 103 Å². The van der Waals surface area contributed by atoms with E-state index in [1.807, 2.05) is 86.6 Å². The summed E-state index contributed by atoms with van der Waals surface area (Å²) in [5, 5.41) is 4.98. The second-order valence-corrected chi connectivity index (χ2v) is 13.7. The van der Waals surface area contributed by atoms with Crippen molar-refractivity contribution in [3.05, 3.63) is 156 Å². The number of imidazole rings is 1. The Bertz CT molecular complexity index is 3240. The van der Waals surface area contributed by atoms with E-state index in [0.717, 1.165) is 93.0 Å². The third-order valence-electron chi connectivity index (χ3n) is 9.87. The first-order valence-electron chi connectivity index (χ1n) is 17.5. The molecule has 0 aliphatic carbocycles. The molecule has 11 aromatic rings. The molecular weight excluding hydrogens is 661 g/mol. The highest BCUT2D eigenvalue weighted by molar-refractivity contribution is 7.23. The van der Waals surface area contributed by atoms with Crippen LogP contribution in [0.15, 0.2) is 159 Å². The number of benzene rings is 7. The zero-order valence-electron chi connectivity index (χ0n) is 28.4. The number of furan rings is 2. The molecule has 52 heavy (non-hydrogen) atoms. The van der Waals surface area contributed by atoms with E-state index in [0.29, 0.717) is 10.3 Å². The first-order valence-corrected chi connectivity index (χ1v) is 18.3. The molecule has 248 valence electrons. The maximum absolute atomic E-state index is 13.8. The third-order valence-corrected chi connectivity index (χ3v) is 10.9. The molecule has 0 N–H and O–H groups in total. The van der Waals surface area contributed by atoms with Crippen molar-refractivity contribution in [2.45, 2.75) is 13.8 Å². The average molecular weight is 691 g/mol. The molecule has 0 saturated carbocycles. The second kappa shape index (κ2) is 11.8. The zero-order chi connectivity index (χ0) is 34.9. The number of hydrogen-bond donors (Lipinski definition) is 0. The van der Waals surface area contributed by atoms with Crippen molar-refractivity contribution in [1.82, 2.24) is 9.38 Å². The second-order valence-electron chi connectivity index (χ2n) is 12.7. The molecule has 0 bridgehead atoms. The molecule has 0 radical (unpaired) electrons. The summed E-state index contributed by atoms with van der Waals surface area (Å²) in [6, 6.07) is 49.5. The molecule has 0 aliphatic rings. The fourth-order valence-electron chi connectivity index (χ4n) is 7.55. The van der Waals surface area contributed by atoms with Crippen molar-refractivity contribution >= 4 is 81.3 Å². The van der Waals surface area contributed by atoms with Crippen LogP contribution < -0.4 is 5.56 Å². The van der Waals surface area contributed by atoms with E-state index in [4.69, 9.17) is 13.8 Å². The molecule has 0 atom stereocenters. The Labute approximate surface area is 301 Å². The van der Waals surface area contributed by atoms with Gasteiger partial charge in [-0.25, -0.2) is 9.38 Å². The van der Waals surface area contributed by atoms with Gasteiger partial charge < -0.3 is 8.83 Å². The highest BCUT2D eigenvalue weighted by atomic mass is 32.1. The molecule has 4 heterocycles. The van der Waals surface area contributed by atoms with Gasteiger partial charge in [-0.15, -0.1) is 0 Å². The van der Waals surface area contributed by atoms with E-state index < -0.39 is 0 Å². The highest BCUT2D eigenvalue weighted by Gasteiger charge is 2.18. The van der Waals surface area contributed by atoms with Gasteiger partial charge in [0, 0.05) is 26.2 Å². The van der Waals surface area contributed by atoms with Crippen molar-refractivity contribution in [1.29, 1.82) is 0 Å². The highest BCUT2D eigenvalue weighted by Crippen LogP contribution is 2.42. The maximum Gasteiger partial charge on any atom is 0.266 e. The largest absolute Gasteiger partial charge is 0.456 e. The Morgan fingerprint density at radius 2 is 1.15 bits per heavy atom. The van der Waals surface area contributed by atoms with Gasteiger partial charge in [-0.05, 0) is 88.0 Å². The Hall–Kier alpha value is -6.50. The predicted molar refractivity (Wildman–Crippen MR) is 217 cm³/mol. The van der Waals surface area contributed by atoms with Gasteiger partial charge in [0.25, 0.3) is 5.56 Å². The van der Waals surface area contributed by atoms with E-state index >= 15 is 0 Å². The fraction of sp³-hybridized carbons (Fsp3) is 0.0435. The number of nitrogens with zero attached hydrogens (tertiary/aromatic N) is 2. The summed E-state index contributed by atoms with van der Waals surface area (Å²) in [6.07, 6.45) is 0. The average Bonchev–Trinajstić information content (AvgIpc) is 3.89. The van der Waals surface area contributed by atoms with Gasteiger partial charge in [0.05, 0.1) is 16.4 Å². The fourth-order valence-corrected chi connectivity index (χ4v) is 8.62. The standard InChI is InChI=1S/C44H24N2O3S.C2H6/c47-43-32-19-16-26(25-8-2-1-3-9-25)24-40(32)50-44-45-34-23-28(17-20-35(34)46(43)44)30-12-7-15-39-42(30)33-22-27(18-21-37(33)49-39)29-11-6-14-38-41(29)31-10-4-5-13-36(31)48-38;1-2/h1-24H;1-2H3. The van der Waals surface area contributed by atoms with Gasteiger partial charge >= 0.3 is 0 Å². The van der Waals surface area contributed by atoms with E-state index in [9.17, 15) is 4.79 Å². The van der Waals surface area contributed by atoms with Gasteiger partial charge in [0.2, 0.25) is 0 Å². The minimum absolute atomic E-state index is 0.0560. The molecule has 7 aromatic carbocycles. The van der Waals surface area contributed by atoms with Crippen molar-refractivity contribution < 1.29 is 8.83 Å². The lowest BCUT2D eigenvalue weighted by Crippen LogP contribution is -2.11. The predicted octanol–water partition coefficient (Wildman–Crippen LogP) is 12.9. The van der Waals surface area contributed by atoms with Crippen molar-refractivity contribution in [3.8, 4) is 33.4 Å². The summed E-state index contributed by atoms with van der Waals surface area (Å²) in [5.41, 5.74) is 11.4. The van der Waals surface area contributed by atoms with Gasteiger partial charge in [0.1, 0.15) is 22.3 Å². The Kier molecular flexibility index (Phi) is 6.88. The van der Waals surface area contributed by atoms with E-state index in [-0.39, 0.29) is 5.56 Å². The summed E-state index contributed by atoms with van der Waals surface area (Å²) in [7, 11) is 0. The maximum atomic E-state index is 13.8. The summed E-state index contributed by atoms with van der Waals surface area (Å²) in [5.74, 6) is 0. The first kappa shape index (κ1) is 30.3. The minimum atomic E-state index is -0.0560. The molecular formula is C46H30N2O3S. The SMILES string of the molecule is CC.O=c1c2ccc(-c3ccccc3)cc2sc2nc3cc(-c4cccc5oc6ccc(-c7cccc8oc9ccccc9c78)cc6c45)ccc3n12. The molecule has 0 spiro atoms. The lowest BCUT2D eigenvalue weighted by Gasteiger charge is -2.06. The van der Waals surface area contributed by atoms with Crippen LogP contribution in [0, 0.1) is 0 Å². The van der Waals surface area contributed by atoms with Crippen molar-refractivity contribution in [2.75, 3.05) is 0 Å². The number of hydrogen-bond acceptors (Lipinski definition) is 5. The lowest BCUT2D eigenvalue weighted by atomic mass is 9.95. The first-order chi connectivity index (χ1) is 25.7. The smallest absolute Gasteiger partial charge is 0.266 e. The quantitative estimate of drug-likeness (QED) is 0.185. The lowest BCUT2D eigenvalue weighted by molar-refractivity contribution is 0.669. The normalized spacial score (nSPS) is 11.7. The van der Waals surface area contributed by atoms with Crippen molar-refractivity contribution in [3.63, 3.8) is 0 Å². The van der Waals surface area contributed by atoms with Crippen LogP contribution >= 0.6 is 11.3 Å². The van der Waals surface area contributed by atoms with Crippen LogP contribution in [0.1, 0.15) is 13.8 Å². The minimum Gasteiger partial charge on any atom is -0.456 e. The summed E-state index contributed by atoms with van der Waals surface area (Å²) < 4.78 is 15.3. The Morgan fingerprint density at radius 1 is 0.519 bits per heavy atom. The van der Waals surface area contributed by atoms with E-state index in [1.54, 1.807) is 4.40 Å². The molecule has 5 nitrogen and oxygen atoms in total. The van der Waals surface area contributed by atoms with Crippen LogP contribution in [0.2, 0.25) is 0 Å². The van der Waals surface area contributed by atoms with Gasteiger partial charge in [-0.2, -0.15) is 0 Å². The Balaban J connectivity index is 0.00000166. The summed E-state index contributed by atoms with van der Waals surface area (Å²) >= 11 is 1.54. The number of fused-ring (bicyclic) bond motifs is 10. The third kappa shape index (κ3) is 4.54. The van der Waals surface area contributed by atoms with Crippen molar-refractivity contribution in [2.24, 2.45) is 0 Å². The number of rotatable bonds is 3. The molecule has 6 heteroatoms. The topological polar surface area (TPSA) is 60.7 Å². The van der Waals surface area contributed by atoms with Gasteiger partial charge in [-0.1, -0.05) is 116 Å². The molecule has 0 saturated heterocycles. The summed E-state index contributed by atoms with van der Waals surface area (Å²) in [4.78, 5) is 19.5. The molecule has 0 unspecified atom stereocenters. The van der Waals surface area contributed by atoms with Crippen LogP contribution in [-0.4, -0.2) is 9.38 Å². The number of aromatic nitrogens is 2. The van der Waals surface area contributed by atoms with Crippen LogP contribution in [0.3, 0.4) is 0 Å². The number of para-hydroxylation sites is 1. The van der Waals surface area contributed by atoms with Crippen LogP contribution in [-0.2, 0) is 0 Å². The monoisotopic (exact) mass is 690 g/mol. The van der Waals surface area contributed by atoms with Crippen LogP contribution in [0.4, 0.5) is 0 Å². The van der Waals surface area contributed by atoms with E-state index in [1.165, 1.54) is 11.3 Å². The Morgan fingerprint density at radius 3 is 1.94 bits per heavy atom. The molecule has 4 aromatic heterocycles. The summed E-state index contributed by atoms with van der Waals surface area (Å²) in [6.45, 7) is 4.00.